The van der Waals surface area contributed by atoms with Crippen molar-refractivity contribution in [2.24, 2.45) is 0 Å². The standard InChI is InChI=1S/C14H22N2O.C8H10ClN.C7H8ClN.C7H10N2.C7H11NS.C7H17N.C6H9N3.2C6H8N2.C2H6O2S/c1-13-3-5-14(6-4-13)17-12-11-16-9-7-15(2)8-10-16;1-3-7-4-8(9)10-5-6(7)2;2*1-2-6-3-4-7(8)9-5-6;1-2-3-4-7-5-9-6-8-7;1-4-7-8(5-2)6-3;1-2-5-3-8-6(7)9-4-5;1-2-6-5-7-3-4-8-6;1-2-6-3-4-7-5-8-6;1-5(2,3)4/h3-6H,7-12H2,1-2H3;4-5H,3H2,1-2H3;3-5H,2H2,1H3;3-5H,2H2,1H3,(H2,8,9);5-6H,2-4H2,1H3;4-7H2,1-3H3;3-4H,2H2,1H3,(H2,7,8,9);2*3-5H,2H2,1H3;1-2H3. The monoisotopic (exact) mass is 1340 g/mol. The summed E-state index contributed by atoms with van der Waals surface area (Å²) in [6.07, 6.45) is 30.6. The Morgan fingerprint density at radius 1 is 0.587 bits per heavy atom. The number of unbranched alkanes of at least 4 members (excludes halogenated alkanes) is 1. The van der Waals surface area contributed by atoms with Crippen molar-refractivity contribution in [1.29, 1.82) is 0 Å². The van der Waals surface area contributed by atoms with E-state index in [9.17, 15) is 8.42 Å². The third kappa shape index (κ3) is 48.1. The molecule has 0 radical (unpaired) electrons. The number of aryl methyl sites for hydroxylation is 9. The summed E-state index contributed by atoms with van der Waals surface area (Å²) >= 11 is 12.9. The van der Waals surface area contributed by atoms with E-state index in [1.54, 1.807) is 79.5 Å². The molecule has 22 heteroatoms. The van der Waals surface area contributed by atoms with Gasteiger partial charge in [0.25, 0.3) is 0 Å². The maximum atomic E-state index is 9.63. The van der Waals surface area contributed by atoms with Gasteiger partial charge in [-0.15, -0.1) is 11.3 Å². The zero-order chi connectivity index (χ0) is 68.8. The minimum Gasteiger partial charge on any atom is -0.492 e. The number of halogens is 2. The summed E-state index contributed by atoms with van der Waals surface area (Å²) in [6.45, 7) is 35.6. The normalized spacial score (nSPS) is 11.3. The Balaban J connectivity index is 0.00000102. The van der Waals surface area contributed by atoms with Gasteiger partial charge in [-0.1, -0.05) is 129 Å². The molecule has 9 rings (SSSR count). The van der Waals surface area contributed by atoms with Gasteiger partial charge < -0.3 is 26.0 Å². The highest BCUT2D eigenvalue weighted by atomic mass is 35.5. The molecule has 0 spiro atoms. The molecule has 1 aromatic carbocycles. The summed E-state index contributed by atoms with van der Waals surface area (Å²) in [7, 11) is -0.486. The fourth-order valence-electron chi connectivity index (χ4n) is 7.34. The van der Waals surface area contributed by atoms with Crippen molar-refractivity contribution >= 4 is 56.1 Å². The lowest BCUT2D eigenvalue weighted by Gasteiger charge is -2.32. The van der Waals surface area contributed by atoms with Gasteiger partial charge in [0, 0.05) is 112 Å². The Labute approximate surface area is 567 Å². The van der Waals surface area contributed by atoms with Crippen LogP contribution in [0.3, 0.4) is 0 Å². The predicted octanol–water partition coefficient (Wildman–Crippen LogP) is 14.3. The molecule has 0 unspecified atom stereocenters. The Morgan fingerprint density at radius 2 is 1.18 bits per heavy atom. The molecule has 8 aromatic rings. The Kier molecular flexibility index (Phi) is 50.9. The largest absolute Gasteiger partial charge is 0.492 e. The fourth-order valence-corrected chi connectivity index (χ4v) is 8.22. The quantitative estimate of drug-likeness (QED) is 0.0806. The molecule has 0 aliphatic carbocycles. The summed E-state index contributed by atoms with van der Waals surface area (Å²) in [6, 6.07) is 19.7. The Bertz CT molecular complexity index is 2900. The van der Waals surface area contributed by atoms with Gasteiger partial charge in [0.05, 0.1) is 16.9 Å². The molecule has 18 nitrogen and oxygen atoms in total. The molecule has 7 aromatic heterocycles. The topological polar surface area (TPSA) is 234 Å². The van der Waals surface area contributed by atoms with Crippen molar-refractivity contribution in [2.75, 3.05) is 90.0 Å². The Hall–Kier alpha value is -6.65. The van der Waals surface area contributed by atoms with Crippen LogP contribution < -0.4 is 16.2 Å². The third-order valence-corrected chi connectivity index (χ3v) is 14.2. The van der Waals surface area contributed by atoms with Crippen LogP contribution in [0.2, 0.25) is 10.3 Å². The van der Waals surface area contributed by atoms with Gasteiger partial charge in [-0.25, -0.2) is 48.3 Å². The van der Waals surface area contributed by atoms with Crippen LogP contribution in [0.1, 0.15) is 139 Å². The first-order chi connectivity index (χ1) is 44.1. The second kappa shape index (κ2) is 54.9. The molecule has 0 amide bonds. The summed E-state index contributed by atoms with van der Waals surface area (Å²) in [5.74, 6) is 1.91. The summed E-state index contributed by atoms with van der Waals surface area (Å²) in [5.41, 5.74) is 23.3. The van der Waals surface area contributed by atoms with Crippen molar-refractivity contribution in [3.05, 3.63) is 194 Å². The van der Waals surface area contributed by atoms with E-state index in [4.69, 9.17) is 39.4 Å². The molecule has 0 atom stereocenters. The number of pyridine rings is 3. The molecule has 92 heavy (non-hydrogen) atoms. The number of benzene rings is 1. The second-order valence-electron chi connectivity index (χ2n) is 21.0. The molecule has 508 valence electrons. The third-order valence-electron chi connectivity index (χ3n) is 13.1. The van der Waals surface area contributed by atoms with Crippen LogP contribution in [0.4, 0.5) is 11.8 Å². The zero-order valence-corrected chi connectivity index (χ0v) is 61.0. The van der Waals surface area contributed by atoms with E-state index in [1.165, 1.54) is 85.5 Å². The van der Waals surface area contributed by atoms with E-state index in [-0.39, 0.29) is 0 Å². The zero-order valence-electron chi connectivity index (χ0n) is 57.9. The number of nitrogens with two attached hydrogens (primary N) is 2. The number of sulfone groups is 1. The lowest BCUT2D eigenvalue weighted by Crippen LogP contribution is -2.45. The second-order valence-corrected chi connectivity index (χ2v) is 24.8. The summed E-state index contributed by atoms with van der Waals surface area (Å²) < 4.78 is 25.0. The number of nitrogens with zero attached hydrogens (tertiary/aromatic N) is 13. The molecular weight excluding hydrogens is 1230 g/mol. The molecule has 1 aliphatic heterocycles. The molecule has 0 bridgehead atoms. The van der Waals surface area contributed by atoms with Gasteiger partial charge in [-0.2, -0.15) is 0 Å². The highest BCUT2D eigenvalue weighted by Gasteiger charge is 2.13. The number of piperazine rings is 1. The average molecular weight is 1340 g/mol. The lowest BCUT2D eigenvalue weighted by molar-refractivity contribution is 0.134. The van der Waals surface area contributed by atoms with Gasteiger partial charge in [-0.05, 0) is 163 Å². The van der Waals surface area contributed by atoms with Crippen LogP contribution in [0.25, 0.3) is 0 Å². The molecule has 1 saturated heterocycles. The van der Waals surface area contributed by atoms with Gasteiger partial charge in [0.2, 0.25) is 5.95 Å². The van der Waals surface area contributed by atoms with Gasteiger partial charge >= 0.3 is 0 Å². The number of anilines is 2. The van der Waals surface area contributed by atoms with Crippen molar-refractivity contribution in [1.82, 2.24) is 64.5 Å². The number of likely N-dealkylation sites (N-methyl/N-ethyl adjacent to an activating group) is 1. The van der Waals surface area contributed by atoms with Crippen LogP contribution in [0, 0.1) is 13.8 Å². The summed E-state index contributed by atoms with van der Waals surface area (Å²) in [5, 5.41) is 3.27. The lowest BCUT2D eigenvalue weighted by atomic mass is 10.1. The number of aromatic nitrogens is 10. The number of hydrogen-bond acceptors (Lipinski definition) is 19. The van der Waals surface area contributed by atoms with E-state index in [1.807, 2.05) is 54.9 Å². The summed E-state index contributed by atoms with van der Waals surface area (Å²) in [4.78, 5) is 46.6. The molecular formula is C70H109Cl2N15O3S2. The molecule has 1 fully saturated rings. The molecule has 0 saturated carbocycles. The number of nitrogen functional groups attached to an aromatic ring is 2. The van der Waals surface area contributed by atoms with Gasteiger partial charge in [-0.3, -0.25) is 14.9 Å². The highest BCUT2D eigenvalue weighted by Crippen LogP contribution is 2.13. The first kappa shape index (κ1) is 85.3. The minimum atomic E-state index is -2.67. The van der Waals surface area contributed by atoms with Crippen LogP contribution in [0.15, 0.2) is 134 Å². The number of rotatable bonds is 17. The van der Waals surface area contributed by atoms with E-state index in [0.29, 0.717) is 22.1 Å². The van der Waals surface area contributed by atoms with Crippen molar-refractivity contribution in [2.45, 2.75) is 147 Å². The maximum absolute atomic E-state index is 9.63. The van der Waals surface area contributed by atoms with E-state index < -0.39 is 9.84 Å². The van der Waals surface area contributed by atoms with Crippen LogP contribution in [-0.4, -0.2) is 151 Å². The smallest absolute Gasteiger partial charge is 0.219 e. The first-order valence-corrected chi connectivity index (χ1v) is 35.9. The van der Waals surface area contributed by atoms with Crippen LogP contribution in [0.5, 0.6) is 5.75 Å². The molecule has 1 aliphatic rings. The van der Waals surface area contributed by atoms with Gasteiger partial charge in [0.1, 0.15) is 44.6 Å². The van der Waals surface area contributed by atoms with Gasteiger partial charge in [0.15, 0.2) is 0 Å². The predicted molar refractivity (Wildman–Crippen MR) is 389 cm³/mol. The number of thiazole rings is 1. The number of hydrogen-bond donors (Lipinski definition) is 2. The van der Waals surface area contributed by atoms with Crippen molar-refractivity contribution in [3.63, 3.8) is 0 Å². The first-order valence-electron chi connectivity index (χ1n) is 31.9. The van der Waals surface area contributed by atoms with Crippen LogP contribution >= 0.6 is 34.5 Å². The van der Waals surface area contributed by atoms with E-state index >= 15 is 0 Å². The minimum absolute atomic E-state index is 0.340. The SMILES string of the molecule is CCCCc1cscn1.CCCN(CC)CC.CCc1cc(Cl)ncc1C.CCc1ccc(Cl)nc1.CCc1ccc(N)nc1.CCc1ccncn1.CCc1cnc(N)nc1.CCc1cnccn1.CS(C)(=O)=O.Cc1ccc(OCCN2CCN(C)CC2)cc1. The van der Waals surface area contributed by atoms with Crippen molar-refractivity contribution in [3.8, 4) is 5.75 Å². The fraction of sp³-hybridized carbons (Fsp3) is 0.486. The Morgan fingerprint density at radius 3 is 1.61 bits per heavy atom. The average Bonchev–Trinajstić information content (AvgIpc) is 2.37. The maximum Gasteiger partial charge on any atom is 0.219 e. The van der Waals surface area contributed by atoms with E-state index in [0.717, 1.165) is 106 Å². The highest BCUT2D eigenvalue weighted by molar-refractivity contribution is 7.89. The molecule has 4 N–H and O–H groups in total. The van der Waals surface area contributed by atoms with Crippen LogP contribution in [-0.2, 0) is 54.8 Å². The number of ether oxygens (including phenoxy) is 1. The van der Waals surface area contributed by atoms with Crippen molar-refractivity contribution < 1.29 is 13.2 Å². The van der Waals surface area contributed by atoms with E-state index in [2.05, 4.69) is 165 Å². The molecule has 8 heterocycles.